The van der Waals surface area contributed by atoms with E-state index in [0.29, 0.717) is 0 Å². The normalized spacial score (nSPS) is 11.6. The largest absolute Gasteiger partial charge is 0.455 e. The van der Waals surface area contributed by atoms with Gasteiger partial charge in [-0.1, -0.05) is 334 Å². The fourth-order valence-corrected chi connectivity index (χ4v) is 23.9. The lowest BCUT2D eigenvalue weighted by Gasteiger charge is -2.14. The molecule has 0 saturated heterocycles. The van der Waals surface area contributed by atoms with Crippen molar-refractivity contribution in [1.29, 1.82) is 0 Å². The minimum atomic E-state index is 0.903. The van der Waals surface area contributed by atoms with Gasteiger partial charge < -0.3 is 18.1 Å². The van der Waals surface area contributed by atoms with Crippen molar-refractivity contribution in [3.63, 3.8) is 0 Å². The number of furan rings is 1. The van der Waals surface area contributed by atoms with Crippen LogP contribution < -0.4 is 0 Å². The van der Waals surface area contributed by atoms with Gasteiger partial charge in [-0.2, -0.15) is 0 Å². The summed E-state index contributed by atoms with van der Waals surface area (Å²) in [4.78, 5) is 19.4. The molecule has 0 spiro atoms. The van der Waals surface area contributed by atoms with Crippen molar-refractivity contribution < 1.29 is 4.42 Å². The van der Waals surface area contributed by atoms with Crippen molar-refractivity contribution in [2.24, 2.45) is 0 Å². The fourth-order valence-electron chi connectivity index (χ4n) is 21.4. The second kappa shape index (κ2) is 36.0. The summed E-state index contributed by atoms with van der Waals surface area (Å²) in [5, 5.41) is 14.9. The molecule has 29 aromatic rings. The summed E-state index contributed by atoms with van der Waals surface area (Å²) < 4.78 is 19.1. The number of benzene rings is 19. The molecule has 0 atom stereocenters. The molecule has 0 radical (unpaired) electrons. The summed E-state index contributed by atoms with van der Waals surface area (Å²) in [6.45, 7) is 0. The zero-order valence-electron chi connectivity index (χ0n) is 77.9. The molecule has 10 heteroatoms. The molecule has 674 valence electrons. The Morgan fingerprint density at radius 3 is 1.12 bits per heavy atom. The number of hydrogen-bond donors (Lipinski definition) is 0. The molecule has 29 rings (SSSR count). The van der Waals surface area contributed by atoms with Crippen molar-refractivity contribution in [2.45, 2.75) is 0 Å². The Kier molecular flexibility index (Phi) is 21.2. The molecule has 0 amide bonds. The lowest BCUT2D eigenvalue weighted by atomic mass is 9.93. The lowest BCUT2D eigenvalue weighted by molar-refractivity contribution is 0.673. The molecular formula is C134H85N7OS2. The van der Waals surface area contributed by atoms with Crippen LogP contribution in [0.2, 0.25) is 0 Å². The van der Waals surface area contributed by atoms with E-state index < -0.39 is 0 Å². The number of hydrogen-bond acceptors (Lipinski definition) is 7. The Morgan fingerprint density at radius 1 is 0.188 bits per heavy atom. The molecule has 144 heavy (non-hydrogen) atoms. The number of para-hydroxylation sites is 3. The zero-order chi connectivity index (χ0) is 95.1. The van der Waals surface area contributed by atoms with Crippen LogP contribution in [0.25, 0.3) is 268 Å². The molecule has 0 bridgehead atoms. The molecule has 10 aromatic heterocycles. The van der Waals surface area contributed by atoms with Gasteiger partial charge in [0.2, 0.25) is 0 Å². The highest BCUT2D eigenvalue weighted by Gasteiger charge is 2.26. The van der Waals surface area contributed by atoms with E-state index in [2.05, 4.69) is 485 Å². The van der Waals surface area contributed by atoms with E-state index in [1.54, 1.807) is 0 Å². The van der Waals surface area contributed by atoms with E-state index in [0.717, 1.165) is 139 Å². The van der Waals surface area contributed by atoms with Gasteiger partial charge in [0.25, 0.3) is 0 Å². The third-order valence-electron chi connectivity index (χ3n) is 28.2. The number of nitrogens with zero attached hydrogens (tertiary/aromatic N) is 7. The maximum atomic E-state index is 6.56. The summed E-state index contributed by atoms with van der Waals surface area (Å²) in [6.07, 6.45) is 7.69. The Hall–Kier alpha value is -18.6. The molecule has 0 fully saturated rings. The molecule has 19 aromatic carbocycles. The Labute approximate surface area is 838 Å². The van der Waals surface area contributed by atoms with Gasteiger partial charge in [-0.3, -0.25) is 19.9 Å². The van der Waals surface area contributed by atoms with Gasteiger partial charge in [-0.15, -0.1) is 22.7 Å². The third-order valence-corrected chi connectivity index (χ3v) is 30.6. The Bertz CT molecular complexity index is 9940. The first kappa shape index (κ1) is 84.7. The predicted octanol–water partition coefficient (Wildman–Crippen LogP) is 36.9. The smallest absolute Gasteiger partial charge is 0.145 e. The predicted molar refractivity (Wildman–Crippen MR) is 606 cm³/mol. The first-order valence-corrected chi connectivity index (χ1v) is 50.3. The van der Waals surface area contributed by atoms with Crippen LogP contribution in [0.3, 0.4) is 0 Å². The third kappa shape index (κ3) is 15.1. The van der Waals surface area contributed by atoms with Crippen LogP contribution in [0, 0.1) is 0 Å². The maximum Gasteiger partial charge on any atom is 0.145 e. The van der Waals surface area contributed by atoms with Gasteiger partial charge in [-0.25, -0.2) is 0 Å². The first-order valence-electron chi connectivity index (χ1n) is 48.6. The van der Waals surface area contributed by atoms with Crippen LogP contribution in [0.15, 0.2) is 521 Å². The van der Waals surface area contributed by atoms with Crippen molar-refractivity contribution >= 4 is 150 Å². The van der Waals surface area contributed by atoms with Gasteiger partial charge >= 0.3 is 0 Å². The van der Waals surface area contributed by atoms with Crippen LogP contribution in [-0.4, -0.2) is 33.6 Å². The molecule has 0 aliphatic heterocycles. The molecular weight excluding hydrogens is 1790 g/mol. The summed E-state index contributed by atoms with van der Waals surface area (Å²) in [7, 11) is 0. The van der Waals surface area contributed by atoms with Crippen LogP contribution >= 0.6 is 22.7 Å². The van der Waals surface area contributed by atoms with Crippen LogP contribution in [0.4, 0.5) is 0 Å². The summed E-state index contributed by atoms with van der Waals surface area (Å²) in [5.74, 6) is 0. The van der Waals surface area contributed by atoms with Crippen LogP contribution in [0.1, 0.15) is 0 Å². The standard InChI is InChI=1S/C47H30N2O.C46H29N3S.C41H26N2S/c1-4-12-31(13-5-1)35-26-36(32-14-6-2-7-15-32)28-37(27-35)33-24-25-48-42(29-33)34-20-21-41-44(30-34)49(38-16-8-3-9-17-38)43-23-22-40-39-18-10-11-19-45(39)50-47(40)46(41)43;1-3-12-30(13-4-1)34-27-39(31-14-5-2-6-15-31)45(48-29-34)33-21-22-38-42(28-33)49(35-17-11-16-32(26-35)40-19-9-10-25-47-40)41-24-23-37-36-18-7-8-20-43(36)50-46(37)44(38)41;1-3-9-27(10-4-1)31-23-24-42-36(25-31)29-17-15-28(16-18-29)30-19-20-35-38(26-30)43(32-11-5-2-6-12-32)37-22-21-34-33-13-7-8-14-39(33)44-41(34)40(35)37/h1-30H;1-29H;1-26H. The molecule has 0 unspecified atom stereocenters. The first-order chi connectivity index (χ1) is 71.4. The number of thiophene rings is 2. The second-order valence-corrected chi connectivity index (χ2v) is 38.7. The van der Waals surface area contributed by atoms with Crippen molar-refractivity contribution in [1.82, 2.24) is 33.6 Å². The lowest BCUT2D eigenvalue weighted by Crippen LogP contribution is -1.96. The van der Waals surface area contributed by atoms with E-state index in [-0.39, 0.29) is 0 Å². The van der Waals surface area contributed by atoms with Gasteiger partial charge in [-0.05, 0) is 224 Å². The van der Waals surface area contributed by atoms with E-state index in [9.17, 15) is 0 Å². The number of rotatable bonds is 14. The van der Waals surface area contributed by atoms with E-state index in [1.165, 1.54) is 129 Å². The van der Waals surface area contributed by atoms with Gasteiger partial charge in [0.15, 0.2) is 0 Å². The molecule has 8 nitrogen and oxygen atoms in total. The highest BCUT2D eigenvalue weighted by Crippen LogP contribution is 2.50. The van der Waals surface area contributed by atoms with Gasteiger partial charge in [0.1, 0.15) is 11.2 Å². The van der Waals surface area contributed by atoms with Crippen LogP contribution in [0.5, 0.6) is 0 Å². The quantitative estimate of drug-likeness (QED) is 0.108. The second-order valence-electron chi connectivity index (χ2n) is 36.6. The summed E-state index contributed by atoms with van der Waals surface area (Å²) >= 11 is 3.77. The number of fused-ring (bicyclic) bond motifs is 21. The Balaban J connectivity index is 0.000000108. The van der Waals surface area contributed by atoms with Crippen molar-refractivity contribution in [3.05, 3.63) is 516 Å². The minimum Gasteiger partial charge on any atom is -0.455 e. The van der Waals surface area contributed by atoms with Crippen molar-refractivity contribution in [2.75, 3.05) is 0 Å². The molecule has 0 saturated carbocycles. The maximum absolute atomic E-state index is 6.56. The summed E-state index contributed by atoms with van der Waals surface area (Å²) in [5.41, 5.74) is 36.7. The fraction of sp³-hybridized carbons (Fsp3) is 0. The van der Waals surface area contributed by atoms with Crippen LogP contribution in [-0.2, 0) is 0 Å². The molecule has 0 aliphatic carbocycles. The average molecular weight is 1870 g/mol. The Morgan fingerprint density at radius 2 is 0.562 bits per heavy atom. The monoisotopic (exact) mass is 1870 g/mol. The van der Waals surface area contributed by atoms with E-state index in [1.807, 2.05) is 77.8 Å². The molecule has 0 N–H and O–H groups in total. The molecule has 10 heterocycles. The zero-order valence-corrected chi connectivity index (χ0v) is 79.6. The van der Waals surface area contributed by atoms with Gasteiger partial charge in [0, 0.05) is 153 Å². The van der Waals surface area contributed by atoms with E-state index in [4.69, 9.17) is 14.4 Å². The van der Waals surface area contributed by atoms with Gasteiger partial charge in [0.05, 0.1) is 61.3 Å². The topological polar surface area (TPSA) is 79.5 Å². The number of aromatic nitrogens is 7. The average Bonchev–Trinajstić information content (AvgIpc) is 1.56. The SMILES string of the molecule is c1ccc(-c2cc(-c3ccccc3)cc(-c3ccnc(-c4ccc5c6c7oc8ccccc8c7ccc6n(-c6ccccc6)c5c4)c3)c2)cc1.c1ccc(-c2ccnc(-c3ccc(-c4ccc5c6c7sc8ccccc8c7ccc6n(-c6ccccc6)c5c4)cc3)c2)cc1.c1ccc(-c2cnc(-c3ccc4c5c6sc7ccccc7c6ccc5n(-c5cccc(-c6ccccn6)c5)c4c3)c(-c3ccccc3)c2)cc1. The van der Waals surface area contributed by atoms with E-state index >= 15 is 0 Å². The highest BCUT2D eigenvalue weighted by atomic mass is 32.1. The summed E-state index contributed by atoms with van der Waals surface area (Å²) in [6, 6.07) is 175. The number of pyridine rings is 4. The highest BCUT2D eigenvalue weighted by molar-refractivity contribution is 7.27. The molecule has 0 aliphatic rings. The minimum absolute atomic E-state index is 0.903. The van der Waals surface area contributed by atoms with Crippen molar-refractivity contribution in [3.8, 4) is 140 Å².